The zero-order valence-electron chi connectivity index (χ0n) is 34.0. The molecule has 1 saturated heterocycles. The summed E-state index contributed by atoms with van der Waals surface area (Å²) in [6, 6.07) is 23.6. The SMILES string of the molecule is CN[C@@H]1[C@@H](O)[C@@H](O[C@@H]2[C@@H](O)[C@H](O[C@H]3OC(CNC(=O)OCc4ccccc4)=CC[C@H]3NC(=O)OCc3ccccc3)[C@@H](NC(=O)OCc3ccccc3)C[C@H]2N)OC[C@]1(C)O. The van der Waals surface area contributed by atoms with Crippen LogP contribution in [0.1, 0.15) is 36.5 Å². The molecule has 11 atom stereocenters. The molecule has 1 saturated carbocycles. The number of amides is 3. The summed E-state index contributed by atoms with van der Waals surface area (Å²) in [6.07, 6.45) is -8.79. The Morgan fingerprint density at radius 3 is 1.79 bits per heavy atom. The Balaban J connectivity index is 1.20. The minimum Gasteiger partial charge on any atom is -0.465 e. The predicted octanol–water partition coefficient (Wildman–Crippen LogP) is 2.05. The number of alkyl carbamates (subject to hydrolysis) is 3. The minimum absolute atomic E-state index is 0.0177. The molecule has 0 bridgehead atoms. The van der Waals surface area contributed by atoms with E-state index in [0.29, 0.717) is 0 Å². The Kier molecular flexibility index (Phi) is 15.9. The van der Waals surface area contributed by atoms with Gasteiger partial charge in [-0.25, -0.2) is 14.4 Å². The van der Waals surface area contributed by atoms with E-state index < -0.39 is 85.0 Å². The van der Waals surface area contributed by atoms with Crippen molar-refractivity contribution >= 4 is 18.3 Å². The summed E-state index contributed by atoms with van der Waals surface area (Å²) >= 11 is 0. The van der Waals surface area contributed by atoms with E-state index in [-0.39, 0.29) is 51.6 Å². The average molecular weight is 850 g/mol. The lowest BCUT2D eigenvalue weighted by Crippen LogP contribution is -2.69. The van der Waals surface area contributed by atoms with Crippen molar-refractivity contribution in [3.8, 4) is 0 Å². The number of aliphatic hydroxyl groups is 3. The van der Waals surface area contributed by atoms with Gasteiger partial charge in [-0.2, -0.15) is 0 Å². The predicted molar refractivity (Wildman–Crippen MR) is 217 cm³/mol. The van der Waals surface area contributed by atoms with Gasteiger partial charge in [-0.15, -0.1) is 0 Å². The second kappa shape index (κ2) is 21.5. The summed E-state index contributed by atoms with van der Waals surface area (Å²) in [7, 11) is 1.57. The smallest absolute Gasteiger partial charge is 0.407 e. The lowest BCUT2D eigenvalue weighted by atomic mass is 9.83. The highest BCUT2D eigenvalue weighted by molar-refractivity contribution is 5.68. The number of nitrogens with two attached hydrogens (primary N) is 1. The van der Waals surface area contributed by atoms with Crippen molar-refractivity contribution in [3.05, 3.63) is 120 Å². The molecule has 0 spiro atoms. The highest BCUT2D eigenvalue weighted by atomic mass is 16.7. The molecule has 6 rings (SSSR count). The summed E-state index contributed by atoms with van der Waals surface area (Å²) in [5.74, 6) is 0.253. The monoisotopic (exact) mass is 849 g/mol. The fourth-order valence-electron chi connectivity index (χ4n) is 7.39. The zero-order valence-corrected chi connectivity index (χ0v) is 34.0. The van der Waals surface area contributed by atoms with Crippen LogP contribution in [0.4, 0.5) is 14.4 Å². The highest BCUT2D eigenvalue weighted by Crippen LogP contribution is 2.32. The van der Waals surface area contributed by atoms with Gasteiger partial charge in [0.2, 0.25) is 6.29 Å². The normalized spacial score (nSPS) is 29.8. The molecule has 2 aliphatic heterocycles. The number of rotatable bonds is 15. The van der Waals surface area contributed by atoms with Crippen molar-refractivity contribution < 1.29 is 62.9 Å². The fraction of sp³-hybridized carbons (Fsp3) is 0.465. The van der Waals surface area contributed by atoms with E-state index in [1.165, 1.54) is 6.92 Å². The van der Waals surface area contributed by atoms with Gasteiger partial charge in [0, 0.05) is 6.04 Å². The number of likely N-dealkylation sites (N-methyl/N-ethyl adjacent to an activating group) is 1. The van der Waals surface area contributed by atoms with Crippen LogP contribution in [-0.4, -0.2) is 121 Å². The zero-order chi connectivity index (χ0) is 43.4. The molecule has 3 amide bonds. The van der Waals surface area contributed by atoms with E-state index in [2.05, 4.69) is 21.3 Å². The van der Waals surface area contributed by atoms with Crippen molar-refractivity contribution in [2.75, 3.05) is 20.2 Å². The first-order chi connectivity index (χ1) is 29.4. The van der Waals surface area contributed by atoms with Crippen molar-refractivity contribution in [3.63, 3.8) is 0 Å². The maximum atomic E-state index is 13.3. The molecule has 3 aromatic rings. The van der Waals surface area contributed by atoms with E-state index in [1.807, 2.05) is 66.7 Å². The summed E-state index contributed by atoms with van der Waals surface area (Å²) in [5, 5.41) is 45.1. The molecular formula is C43H55N5O13. The standard InChI is InChI=1S/C43H55N5O13/c1-43(54)25-58-39(34(50)37(43)45-2)60-35-30(44)20-32(48-42(53)57-24-28-16-10-5-11-17-28)36(33(35)49)61-38-31(47-41(52)56-23-27-14-8-4-9-15-27)19-18-29(59-38)21-46-40(51)55-22-26-12-6-3-7-13-26/h3-18,30-39,45,49-50,54H,19-25,44H2,1-2H3,(H,46,51)(H,47,52)(H,48,53)/t30-,31-,32+,33-,34-,35+,36-,37-,38-,39-,43+/m1/s1. The van der Waals surface area contributed by atoms with E-state index >= 15 is 0 Å². The average Bonchev–Trinajstić information content (AvgIpc) is 3.26. The van der Waals surface area contributed by atoms with Crippen LogP contribution >= 0.6 is 0 Å². The summed E-state index contributed by atoms with van der Waals surface area (Å²) in [5.41, 5.74) is 7.46. The quantitative estimate of drug-likeness (QED) is 0.102. The molecule has 0 unspecified atom stereocenters. The summed E-state index contributed by atoms with van der Waals surface area (Å²) in [4.78, 5) is 39.1. The number of nitrogens with one attached hydrogen (secondary N) is 4. The molecule has 9 N–H and O–H groups in total. The Morgan fingerprint density at radius 1 is 0.738 bits per heavy atom. The number of aliphatic hydroxyl groups excluding tert-OH is 2. The van der Waals surface area contributed by atoms with Gasteiger partial charge in [0.25, 0.3) is 0 Å². The van der Waals surface area contributed by atoms with Crippen LogP contribution in [0.2, 0.25) is 0 Å². The minimum atomic E-state index is -1.61. The first-order valence-corrected chi connectivity index (χ1v) is 20.1. The third-order valence-electron chi connectivity index (χ3n) is 10.6. The molecule has 2 heterocycles. The molecular weight excluding hydrogens is 794 g/mol. The maximum absolute atomic E-state index is 13.3. The molecule has 330 valence electrons. The number of hydrogen-bond acceptors (Lipinski definition) is 15. The number of hydrogen-bond donors (Lipinski definition) is 8. The second-order valence-electron chi connectivity index (χ2n) is 15.3. The van der Waals surface area contributed by atoms with Crippen LogP contribution in [0.3, 0.4) is 0 Å². The molecule has 1 aliphatic carbocycles. The van der Waals surface area contributed by atoms with Gasteiger partial charge < -0.3 is 75.5 Å². The van der Waals surface area contributed by atoms with Crippen LogP contribution in [0.15, 0.2) is 103 Å². The van der Waals surface area contributed by atoms with Crippen LogP contribution < -0.4 is 27.0 Å². The van der Waals surface area contributed by atoms with Crippen molar-refractivity contribution in [1.29, 1.82) is 0 Å². The van der Waals surface area contributed by atoms with Crippen LogP contribution in [0.5, 0.6) is 0 Å². The Hall–Kier alpha value is -5.31. The highest BCUT2D eigenvalue weighted by Gasteiger charge is 2.52. The van der Waals surface area contributed by atoms with Gasteiger partial charge in [-0.1, -0.05) is 91.0 Å². The van der Waals surface area contributed by atoms with Gasteiger partial charge in [0.1, 0.15) is 55.6 Å². The number of carbonyl (C=O) groups is 3. The van der Waals surface area contributed by atoms with Gasteiger partial charge in [-0.05, 0) is 49.6 Å². The summed E-state index contributed by atoms with van der Waals surface area (Å²) in [6.45, 7) is 1.15. The Morgan fingerprint density at radius 2 is 1.25 bits per heavy atom. The first-order valence-electron chi connectivity index (χ1n) is 20.1. The Labute approximate surface area is 353 Å². The molecule has 0 radical (unpaired) electrons. The lowest BCUT2D eigenvalue weighted by Gasteiger charge is -2.48. The molecule has 3 aliphatic rings. The van der Waals surface area contributed by atoms with Gasteiger partial charge in [0.15, 0.2) is 6.29 Å². The molecule has 3 aromatic carbocycles. The van der Waals surface area contributed by atoms with Crippen molar-refractivity contribution in [2.24, 2.45) is 5.73 Å². The number of carbonyl (C=O) groups excluding carboxylic acids is 3. The molecule has 0 aromatic heterocycles. The van der Waals surface area contributed by atoms with Crippen LogP contribution in [0, 0.1) is 0 Å². The third-order valence-corrected chi connectivity index (χ3v) is 10.6. The van der Waals surface area contributed by atoms with E-state index in [4.69, 9.17) is 38.9 Å². The molecule has 61 heavy (non-hydrogen) atoms. The number of ether oxygens (including phenoxy) is 7. The van der Waals surface area contributed by atoms with Crippen LogP contribution in [-0.2, 0) is 53.0 Å². The van der Waals surface area contributed by atoms with Crippen molar-refractivity contribution in [2.45, 2.75) is 106 Å². The Bertz CT molecular complexity index is 1890. The van der Waals surface area contributed by atoms with Crippen LogP contribution in [0.25, 0.3) is 0 Å². The maximum Gasteiger partial charge on any atom is 0.407 e. The fourth-order valence-corrected chi connectivity index (χ4v) is 7.39. The van der Waals surface area contributed by atoms with E-state index in [0.717, 1.165) is 16.7 Å². The lowest BCUT2D eigenvalue weighted by molar-refractivity contribution is -0.303. The third kappa shape index (κ3) is 12.6. The van der Waals surface area contributed by atoms with Crippen molar-refractivity contribution in [1.82, 2.24) is 21.3 Å². The summed E-state index contributed by atoms with van der Waals surface area (Å²) < 4.78 is 40.9. The number of benzene rings is 3. The molecule has 18 heteroatoms. The first kappa shape index (κ1) is 45.2. The van der Waals surface area contributed by atoms with E-state index in [9.17, 15) is 29.7 Å². The molecule has 2 fully saturated rings. The van der Waals surface area contributed by atoms with Gasteiger partial charge in [-0.3, -0.25) is 0 Å². The van der Waals surface area contributed by atoms with Gasteiger partial charge >= 0.3 is 18.3 Å². The second-order valence-corrected chi connectivity index (χ2v) is 15.3. The largest absolute Gasteiger partial charge is 0.465 e. The van der Waals surface area contributed by atoms with Gasteiger partial charge in [0.05, 0.1) is 31.3 Å². The topological polar surface area (TPSA) is 251 Å². The van der Waals surface area contributed by atoms with E-state index in [1.54, 1.807) is 37.4 Å². The molecule has 18 nitrogen and oxygen atoms in total.